The van der Waals surface area contributed by atoms with Crippen molar-refractivity contribution >= 4 is 40.6 Å². The van der Waals surface area contributed by atoms with Crippen molar-refractivity contribution in [2.75, 3.05) is 82.2 Å². The molecular formula is C31H38N8O3. The number of benzene rings is 2. The molecule has 2 fully saturated rings. The zero-order valence-electron chi connectivity index (χ0n) is 24.7. The molecule has 3 aromatic rings. The number of para-hydroxylation sites is 1. The normalized spacial score (nSPS) is 17.9. The fourth-order valence-electron chi connectivity index (χ4n) is 6.21. The minimum absolute atomic E-state index is 0.0236. The van der Waals surface area contributed by atoms with Crippen LogP contribution in [0.1, 0.15) is 33.6 Å². The molecule has 3 aliphatic rings. The Bertz CT molecular complexity index is 1480. The minimum Gasteiger partial charge on any atom is -0.495 e. The van der Waals surface area contributed by atoms with Crippen molar-refractivity contribution in [1.82, 2.24) is 25.1 Å². The first-order valence-corrected chi connectivity index (χ1v) is 14.5. The lowest BCUT2D eigenvalue weighted by Gasteiger charge is -2.40. The number of rotatable bonds is 5. The van der Waals surface area contributed by atoms with E-state index in [1.54, 1.807) is 31.3 Å². The van der Waals surface area contributed by atoms with E-state index in [9.17, 15) is 9.59 Å². The molecule has 3 aliphatic heterocycles. The van der Waals surface area contributed by atoms with E-state index in [4.69, 9.17) is 9.72 Å². The number of piperazine rings is 1. The van der Waals surface area contributed by atoms with E-state index in [2.05, 4.69) is 15.2 Å². The lowest BCUT2D eigenvalue weighted by molar-refractivity contribution is 0.0601. The number of fused-ring (bicyclic) bond motifs is 2. The summed E-state index contributed by atoms with van der Waals surface area (Å²) in [5, 5.41) is 3.42. The fourth-order valence-corrected chi connectivity index (χ4v) is 6.21. The number of nitrogens with zero attached hydrogens (tertiary/aromatic N) is 7. The molecule has 11 nitrogen and oxygen atoms in total. The number of piperidine rings is 1. The molecule has 2 saturated heterocycles. The third kappa shape index (κ3) is 5.03. The van der Waals surface area contributed by atoms with Crippen LogP contribution in [0, 0.1) is 0 Å². The molecule has 0 bridgehead atoms. The molecule has 11 heteroatoms. The van der Waals surface area contributed by atoms with E-state index in [0.717, 1.165) is 63.5 Å². The van der Waals surface area contributed by atoms with Gasteiger partial charge in [-0.3, -0.25) is 14.5 Å². The number of methoxy groups -OCH3 is 1. The van der Waals surface area contributed by atoms with Gasteiger partial charge in [0.1, 0.15) is 11.4 Å². The molecule has 6 rings (SSSR count). The van der Waals surface area contributed by atoms with Crippen molar-refractivity contribution in [2.45, 2.75) is 18.9 Å². The van der Waals surface area contributed by atoms with Crippen LogP contribution < -0.4 is 24.8 Å². The Hall–Kier alpha value is -4.22. The number of anilines is 5. The van der Waals surface area contributed by atoms with E-state index >= 15 is 0 Å². The van der Waals surface area contributed by atoms with E-state index < -0.39 is 0 Å². The van der Waals surface area contributed by atoms with Crippen LogP contribution in [0.2, 0.25) is 0 Å². The average Bonchev–Trinajstić information content (AvgIpc) is 3.13. The van der Waals surface area contributed by atoms with Crippen molar-refractivity contribution in [2.24, 2.45) is 0 Å². The summed E-state index contributed by atoms with van der Waals surface area (Å²) in [4.78, 5) is 45.9. The topological polar surface area (TPSA) is 97.4 Å². The van der Waals surface area contributed by atoms with Gasteiger partial charge in [0.25, 0.3) is 11.8 Å². The molecule has 1 aromatic heterocycles. The Morgan fingerprint density at radius 3 is 2.48 bits per heavy atom. The number of likely N-dealkylation sites (tertiary alicyclic amines) is 1. The third-order valence-electron chi connectivity index (χ3n) is 8.72. The zero-order chi connectivity index (χ0) is 29.4. The molecule has 1 N–H and O–H groups in total. The summed E-state index contributed by atoms with van der Waals surface area (Å²) in [5.74, 6) is 1.52. The molecule has 0 unspecified atom stereocenters. The summed E-state index contributed by atoms with van der Waals surface area (Å²) in [6.07, 6.45) is 3.67. The van der Waals surface area contributed by atoms with Crippen LogP contribution >= 0.6 is 0 Å². The van der Waals surface area contributed by atoms with Gasteiger partial charge < -0.3 is 29.7 Å². The van der Waals surface area contributed by atoms with Gasteiger partial charge in [0.05, 0.1) is 30.2 Å². The van der Waals surface area contributed by atoms with Gasteiger partial charge in [-0.05, 0) is 43.2 Å². The second-order valence-corrected chi connectivity index (χ2v) is 11.1. The highest BCUT2D eigenvalue weighted by atomic mass is 16.5. The third-order valence-corrected chi connectivity index (χ3v) is 8.72. The summed E-state index contributed by atoms with van der Waals surface area (Å²) >= 11 is 0. The van der Waals surface area contributed by atoms with E-state index in [-0.39, 0.29) is 11.8 Å². The van der Waals surface area contributed by atoms with Crippen molar-refractivity contribution in [1.29, 1.82) is 0 Å². The summed E-state index contributed by atoms with van der Waals surface area (Å²) in [7, 11) is 7.09. The predicted octanol–water partition coefficient (Wildman–Crippen LogP) is 3.12. The summed E-state index contributed by atoms with van der Waals surface area (Å²) in [6.45, 7) is 5.76. The second kappa shape index (κ2) is 11.6. The molecule has 42 heavy (non-hydrogen) atoms. The number of carbonyl (C=O) groups is 2. The van der Waals surface area contributed by atoms with Gasteiger partial charge in [-0.1, -0.05) is 12.1 Å². The monoisotopic (exact) mass is 570 g/mol. The zero-order valence-corrected chi connectivity index (χ0v) is 24.7. The maximum atomic E-state index is 13.5. The molecule has 2 amide bonds. The Kier molecular flexibility index (Phi) is 7.70. The van der Waals surface area contributed by atoms with Gasteiger partial charge in [0.15, 0.2) is 5.82 Å². The van der Waals surface area contributed by atoms with Gasteiger partial charge in [-0.25, -0.2) is 4.98 Å². The Morgan fingerprint density at radius 1 is 1.00 bits per heavy atom. The molecule has 0 spiro atoms. The first-order chi connectivity index (χ1) is 20.4. The first kappa shape index (κ1) is 27.9. The van der Waals surface area contributed by atoms with Crippen molar-refractivity contribution in [3.05, 3.63) is 59.8 Å². The predicted molar refractivity (Wildman–Crippen MR) is 164 cm³/mol. The smallest absolute Gasteiger partial charge is 0.260 e. The number of aromatic nitrogens is 2. The quantitative estimate of drug-likeness (QED) is 0.496. The van der Waals surface area contributed by atoms with Crippen LogP contribution in [0.25, 0.3) is 0 Å². The number of hydrogen-bond donors (Lipinski definition) is 1. The maximum absolute atomic E-state index is 13.5. The van der Waals surface area contributed by atoms with Crippen molar-refractivity contribution in [3.63, 3.8) is 0 Å². The number of amides is 2. The Labute approximate surface area is 246 Å². The molecule has 220 valence electrons. The number of hydrogen-bond acceptors (Lipinski definition) is 9. The SMILES string of the molecule is COc1cc(C(=O)N2CCC(N3CCNCC3)CC2)ccc1N(C)c1ncc2c(n1)N(C)c1ccccc1C(=O)N2C. The minimum atomic E-state index is -0.115. The lowest BCUT2D eigenvalue weighted by atomic mass is 10.0. The van der Waals surface area contributed by atoms with Gasteiger partial charge in [0.2, 0.25) is 5.95 Å². The largest absolute Gasteiger partial charge is 0.495 e. The lowest BCUT2D eigenvalue weighted by Crippen LogP contribution is -2.52. The van der Waals surface area contributed by atoms with Crippen molar-refractivity contribution in [3.8, 4) is 5.75 Å². The van der Waals surface area contributed by atoms with Crippen molar-refractivity contribution < 1.29 is 14.3 Å². The summed E-state index contributed by atoms with van der Waals surface area (Å²) < 4.78 is 5.75. The highest BCUT2D eigenvalue weighted by Gasteiger charge is 2.31. The summed E-state index contributed by atoms with van der Waals surface area (Å²) in [6, 6.07) is 13.6. The highest BCUT2D eigenvalue weighted by Crippen LogP contribution is 2.39. The van der Waals surface area contributed by atoms with Crippen LogP contribution in [0.15, 0.2) is 48.7 Å². The van der Waals surface area contributed by atoms with Crippen LogP contribution in [0.5, 0.6) is 5.75 Å². The van der Waals surface area contributed by atoms with E-state index in [1.165, 1.54) is 0 Å². The van der Waals surface area contributed by atoms with Crippen LogP contribution in [-0.2, 0) is 0 Å². The summed E-state index contributed by atoms with van der Waals surface area (Å²) in [5.41, 5.74) is 3.32. The fraction of sp³-hybridized carbons (Fsp3) is 0.419. The molecular weight excluding hydrogens is 532 g/mol. The molecule has 2 aromatic carbocycles. The molecule has 0 aliphatic carbocycles. The van der Waals surface area contributed by atoms with Gasteiger partial charge >= 0.3 is 0 Å². The highest BCUT2D eigenvalue weighted by molar-refractivity contribution is 6.13. The van der Waals surface area contributed by atoms with Crippen LogP contribution in [-0.4, -0.2) is 105 Å². The van der Waals surface area contributed by atoms with E-state index in [0.29, 0.717) is 40.4 Å². The first-order valence-electron chi connectivity index (χ1n) is 14.5. The second-order valence-electron chi connectivity index (χ2n) is 11.1. The number of nitrogens with one attached hydrogen (secondary N) is 1. The van der Waals surface area contributed by atoms with E-state index in [1.807, 2.05) is 65.2 Å². The molecule has 0 atom stereocenters. The molecule has 4 heterocycles. The van der Waals surface area contributed by atoms with Crippen LogP contribution in [0.4, 0.5) is 28.8 Å². The Morgan fingerprint density at radius 2 is 1.74 bits per heavy atom. The standard InChI is InChI=1S/C31H38N8O3/c1-35-24-8-6-5-7-23(24)30(41)36(2)26-20-33-31(34-28(26)35)37(3)25-10-9-21(19-27(25)42-4)29(40)39-15-11-22(12-16-39)38-17-13-32-14-18-38/h5-10,19-20,22,32H,11-18H2,1-4H3. The molecule has 0 saturated carbocycles. The van der Waals surface area contributed by atoms with Gasteiger partial charge in [-0.2, -0.15) is 4.98 Å². The number of carbonyl (C=O) groups excluding carboxylic acids is 2. The maximum Gasteiger partial charge on any atom is 0.260 e. The van der Waals surface area contributed by atoms with Crippen LogP contribution in [0.3, 0.4) is 0 Å². The van der Waals surface area contributed by atoms with Gasteiger partial charge in [0, 0.05) is 72.0 Å². The molecule has 0 radical (unpaired) electrons. The Balaban J connectivity index is 1.22. The van der Waals surface area contributed by atoms with Gasteiger partial charge in [-0.15, -0.1) is 0 Å². The average molecular weight is 571 g/mol. The number of ether oxygens (including phenoxy) is 1.